The Morgan fingerprint density at radius 2 is 0.790 bits per heavy atom. The molecule has 39 nitrogen and oxygen atoms in total. The minimum atomic E-state index is -3.25. The zero-order valence-electron chi connectivity index (χ0n) is 72.5. The van der Waals surface area contributed by atoms with E-state index >= 15 is 0 Å². The van der Waals surface area contributed by atoms with Crippen molar-refractivity contribution in [1.82, 2.24) is 16.0 Å². The summed E-state index contributed by atoms with van der Waals surface area (Å²) in [6, 6.07) is -4.72. The Balaban J connectivity index is 1.11. The van der Waals surface area contributed by atoms with Crippen molar-refractivity contribution in [3.63, 3.8) is 0 Å². The molecule has 0 bridgehead atoms. The van der Waals surface area contributed by atoms with E-state index in [-0.39, 0.29) is 12.3 Å². The third-order valence-corrected chi connectivity index (χ3v) is 23.9. The van der Waals surface area contributed by atoms with Gasteiger partial charge in [-0.05, 0) is 44.9 Å². The Morgan fingerprint density at radius 1 is 0.419 bits per heavy atom. The number of carboxylic acid groups (broad SMARTS) is 1. The van der Waals surface area contributed by atoms with Gasteiger partial charge in [0.2, 0.25) is 17.7 Å². The van der Waals surface area contributed by atoms with Crippen LogP contribution in [-0.2, 0) is 76.0 Å². The zero-order chi connectivity index (χ0) is 91.0. The van der Waals surface area contributed by atoms with Crippen molar-refractivity contribution < 1.29 is 178 Å². The number of allylic oxidation sites excluding steroid dienone is 3. The number of unbranched alkanes of at least 4 members (excludes halogenated alkanes) is 28. The number of aliphatic hydroxyl groups is 19. The van der Waals surface area contributed by atoms with Crippen LogP contribution in [0.2, 0.25) is 0 Å². The van der Waals surface area contributed by atoms with Crippen molar-refractivity contribution in [1.29, 1.82) is 0 Å². The molecule has 6 fully saturated rings. The number of aliphatic hydroxyl groups excluding tert-OH is 19. The molecule has 12 unspecified atom stereocenters. The molecule has 33 atom stereocenters. The summed E-state index contributed by atoms with van der Waals surface area (Å²) in [4.78, 5) is 52.2. The third-order valence-electron chi connectivity index (χ3n) is 23.9. The molecule has 0 aliphatic carbocycles. The summed E-state index contributed by atoms with van der Waals surface area (Å²) >= 11 is 0. The van der Waals surface area contributed by atoms with Gasteiger partial charge in [-0.3, -0.25) is 14.4 Å². The van der Waals surface area contributed by atoms with Gasteiger partial charge in [0.25, 0.3) is 5.79 Å². The second kappa shape index (κ2) is 58.1. The van der Waals surface area contributed by atoms with Gasteiger partial charge >= 0.3 is 5.97 Å². The van der Waals surface area contributed by atoms with Gasteiger partial charge in [-0.15, -0.1) is 0 Å². The Labute approximate surface area is 727 Å². The molecule has 0 aromatic carbocycles. The smallest absolute Gasteiger partial charge is 0.364 e. The van der Waals surface area contributed by atoms with Crippen molar-refractivity contribution in [2.24, 2.45) is 0 Å². The summed E-state index contributed by atoms with van der Waals surface area (Å²) in [5.74, 6) is -7.49. The first-order valence-corrected chi connectivity index (χ1v) is 45.3. The number of nitrogens with one attached hydrogen (secondary N) is 3. The maximum atomic E-state index is 13.6. The molecule has 6 aliphatic rings. The van der Waals surface area contributed by atoms with Crippen molar-refractivity contribution in [3.05, 3.63) is 24.3 Å². The Hall–Kier alpha value is -3.88. The second-order valence-electron chi connectivity index (χ2n) is 33.8. The quantitative estimate of drug-likeness (QED) is 0.0254. The van der Waals surface area contributed by atoms with Gasteiger partial charge in [0.1, 0.15) is 140 Å². The normalized spacial score (nSPS) is 35.3. The summed E-state index contributed by atoms with van der Waals surface area (Å²) in [7, 11) is 0. The lowest BCUT2D eigenvalue weighted by Crippen LogP contribution is -2.71. The van der Waals surface area contributed by atoms with E-state index in [4.69, 9.17) is 56.8 Å². The molecule has 0 saturated carbocycles. The summed E-state index contributed by atoms with van der Waals surface area (Å²) < 4.78 is 70.8. The van der Waals surface area contributed by atoms with E-state index in [2.05, 4.69) is 41.9 Å². The molecule has 3 amide bonds. The lowest BCUT2D eigenvalue weighted by molar-refractivity contribution is -0.394. The molecule has 6 aliphatic heterocycles. The van der Waals surface area contributed by atoms with Crippen LogP contribution in [-0.4, -0.2) is 374 Å². The van der Waals surface area contributed by atoms with Gasteiger partial charge < -0.3 is 175 Å². The number of ether oxygens (including phenoxy) is 12. The number of aliphatic carboxylic acids is 1. The van der Waals surface area contributed by atoms with E-state index in [1.165, 1.54) is 122 Å². The molecule has 0 spiro atoms. The molecular weight excluding hydrogens is 1640 g/mol. The fourth-order valence-corrected chi connectivity index (χ4v) is 16.6. The molecule has 39 heteroatoms. The molecule has 23 N–H and O–H groups in total. The Kier molecular flexibility index (Phi) is 51.0. The van der Waals surface area contributed by atoms with Crippen LogP contribution in [0.3, 0.4) is 0 Å². The summed E-state index contributed by atoms with van der Waals surface area (Å²) in [6.07, 6.45) is -17.6. The molecule has 6 heterocycles. The van der Waals surface area contributed by atoms with Crippen LogP contribution >= 0.6 is 0 Å². The lowest BCUT2D eigenvalue weighted by Gasteiger charge is -2.51. The van der Waals surface area contributed by atoms with E-state index < -0.39 is 272 Å². The van der Waals surface area contributed by atoms with Gasteiger partial charge in [-0.1, -0.05) is 192 Å². The second-order valence-corrected chi connectivity index (χ2v) is 33.8. The molecule has 0 aromatic heterocycles. The molecule has 0 radical (unpaired) electrons. The van der Waals surface area contributed by atoms with Crippen LogP contribution < -0.4 is 16.0 Å². The van der Waals surface area contributed by atoms with Gasteiger partial charge in [0, 0.05) is 26.7 Å². The monoisotopic (exact) mass is 1790 g/mol. The van der Waals surface area contributed by atoms with E-state index in [9.17, 15) is 121 Å². The number of hydrogen-bond acceptors (Lipinski definition) is 35. The lowest BCUT2D eigenvalue weighted by atomic mass is 9.88. The number of carboxylic acids is 1. The van der Waals surface area contributed by atoms with E-state index in [1.807, 2.05) is 6.08 Å². The number of hydrogen-bond donors (Lipinski definition) is 23. The average molecular weight is 1790 g/mol. The number of rotatable bonds is 60. The van der Waals surface area contributed by atoms with E-state index in [0.29, 0.717) is 12.8 Å². The van der Waals surface area contributed by atoms with Crippen molar-refractivity contribution >= 4 is 23.7 Å². The molecule has 124 heavy (non-hydrogen) atoms. The van der Waals surface area contributed by atoms with Crippen LogP contribution in [0.5, 0.6) is 0 Å². The largest absolute Gasteiger partial charge is 0.477 e. The minimum Gasteiger partial charge on any atom is -0.477 e. The van der Waals surface area contributed by atoms with Gasteiger partial charge in [0.15, 0.2) is 31.5 Å². The van der Waals surface area contributed by atoms with Crippen molar-refractivity contribution in [3.8, 4) is 0 Å². The molecule has 6 saturated heterocycles. The van der Waals surface area contributed by atoms with E-state index in [1.54, 1.807) is 6.08 Å². The molecule has 0 aromatic rings. The highest BCUT2D eigenvalue weighted by Crippen LogP contribution is 2.41. The molecular formula is C85H151N3O36. The van der Waals surface area contributed by atoms with Crippen molar-refractivity contribution in [2.45, 2.75) is 441 Å². The van der Waals surface area contributed by atoms with Crippen molar-refractivity contribution in [2.75, 3.05) is 46.2 Å². The predicted octanol–water partition coefficient (Wildman–Crippen LogP) is -1.10. The third kappa shape index (κ3) is 33.4. The number of carbonyl (C=O) groups is 4. The number of carbonyl (C=O) groups excluding carboxylic acids is 3. The first-order valence-electron chi connectivity index (χ1n) is 45.3. The SMILES string of the molecule is CCCCCCCC/C=C\CCCCCCCCCCCCCC(=O)N[C@@H](CO[C@@H]1OC(CO)[C@@H](O[C@@H]2OC(CO)[C@H](O)[C@H](O[C@@H]3OC(CO)[C@@H](O)[C@H](O[C@@H]4OC(CO)[C@H](O)[C@H](O[C@@H]5OC(CO)[C@H](O)[C@H](O[C@]6(C(=O)O)CC(O)[C@@H](NC(C)=O)C([C@H](O)[C@H](O)CO)O6)C5O)C4O)C3NC(C)=O)C2O)[C@H](O)C1O)[C@H](O)/C=C/CCCCCCCCCCCCC. The summed E-state index contributed by atoms with van der Waals surface area (Å²) in [5.41, 5.74) is 0. The summed E-state index contributed by atoms with van der Waals surface area (Å²) in [5, 5.41) is 232. The highest BCUT2D eigenvalue weighted by atomic mass is 16.8. The van der Waals surface area contributed by atoms with Crippen LogP contribution in [0.4, 0.5) is 0 Å². The minimum absolute atomic E-state index is 0.153. The van der Waals surface area contributed by atoms with Crippen LogP contribution in [0.25, 0.3) is 0 Å². The standard InChI is InChI=1S/C85H151N3O36/c1-5-7-9-11-13-15-17-19-20-21-22-23-24-25-26-28-30-32-34-36-38-40-60(100)88-51(52(97)39-37-35-33-31-29-27-18-16-14-12-10-8-6-2)48-113-80-69(107)68(106)73(59(47-94)118-80)119-81-70(108)76(65(103)56(44-91)115-81)121-79-62(87-50(4)96)74(64(102)55(43-90)114-79)120-82-71(109)77(66(104)57(45-92)116-82)122-83-72(110)78(67(105)58(46-93)117-83)124-85(84(111)112)41-53(98)61(86-49(3)95)75(123-85)63(101)54(99)42-89/h19-20,37,39,51-59,61-83,89-94,97-99,101-110H,5-18,21-36,38,40-48H2,1-4H3,(H,86,95)(H,87,96)(H,88,100)(H,111,112)/b20-19-,39-37+/t51-,52+,53?,54+,55?,56?,57?,58?,59?,61+,62?,63+,64+,65-,66-,67-,68+,69?,70?,71?,72?,73+,74+,75?,76-,77-,78-,79-,80+,81-,82-,83-,85-/m0/s1. The zero-order valence-corrected chi connectivity index (χ0v) is 72.5. The Morgan fingerprint density at radius 3 is 1.23 bits per heavy atom. The highest BCUT2D eigenvalue weighted by Gasteiger charge is 2.62. The maximum Gasteiger partial charge on any atom is 0.364 e. The first kappa shape index (κ1) is 109. The van der Waals surface area contributed by atoms with Gasteiger partial charge in [0.05, 0.1) is 70.5 Å². The van der Waals surface area contributed by atoms with Gasteiger partial charge in [-0.2, -0.15) is 0 Å². The van der Waals surface area contributed by atoms with E-state index in [0.717, 1.165) is 78.1 Å². The molecule has 722 valence electrons. The van der Waals surface area contributed by atoms with Crippen LogP contribution in [0, 0.1) is 0 Å². The maximum absolute atomic E-state index is 13.6. The average Bonchev–Trinajstić information content (AvgIpc) is 0.757. The molecule has 6 rings (SSSR count). The first-order chi connectivity index (χ1) is 59.5. The van der Waals surface area contributed by atoms with Crippen LogP contribution in [0.15, 0.2) is 24.3 Å². The Bertz CT molecular complexity index is 3000. The fourth-order valence-electron chi connectivity index (χ4n) is 16.6. The highest BCUT2D eigenvalue weighted by molar-refractivity contribution is 5.77. The fraction of sp³-hybridized carbons (Fsp3) is 0.906. The predicted molar refractivity (Wildman–Crippen MR) is 439 cm³/mol. The van der Waals surface area contributed by atoms with Gasteiger partial charge in [-0.25, -0.2) is 4.79 Å². The number of amides is 3. The topological polar surface area (TPSA) is 620 Å². The summed E-state index contributed by atoms with van der Waals surface area (Å²) in [6.45, 7) is -0.691. The van der Waals surface area contributed by atoms with Crippen LogP contribution in [0.1, 0.15) is 240 Å².